The number of likely N-dealkylation sites (tertiary alicyclic amines) is 1. The Labute approximate surface area is 222 Å². The molecule has 2 N–H and O–H groups in total. The van der Waals surface area contributed by atoms with Gasteiger partial charge in [-0.15, -0.1) is 0 Å². The van der Waals surface area contributed by atoms with Crippen molar-refractivity contribution in [3.05, 3.63) is 54.5 Å². The molecule has 4 rings (SSSR count). The summed E-state index contributed by atoms with van der Waals surface area (Å²) < 4.78 is 5.37. The third kappa shape index (κ3) is 7.87. The molecule has 1 fully saturated rings. The second-order valence-electron chi connectivity index (χ2n) is 9.65. The van der Waals surface area contributed by atoms with Crippen molar-refractivity contribution in [1.82, 2.24) is 19.9 Å². The molecule has 1 aliphatic heterocycles. The Morgan fingerprint density at radius 3 is 2.78 bits per heavy atom. The number of aliphatic hydroxyl groups is 1. The third-order valence-corrected chi connectivity index (χ3v) is 8.21. The van der Waals surface area contributed by atoms with Crippen LogP contribution in [0.5, 0.6) is 5.75 Å². The molecule has 9 heteroatoms. The van der Waals surface area contributed by atoms with E-state index in [2.05, 4.69) is 19.9 Å². The van der Waals surface area contributed by atoms with E-state index in [1.165, 1.54) is 0 Å². The average Bonchev–Trinajstić information content (AvgIpc) is 2.93. The summed E-state index contributed by atoms with van der Waals surface area (Å²) in [4.78, 5) is 26.7. The molecule has 1 aliphatic rings. The van der Waals surface area contributed by atoms with Gasteiger partial charge in [-0.1, -0.05) is 11.8 Å². The minimum Gasteiger partial charge on any atom is -0.497 e. The molecule has 0 amide bonds. The largest absolute Gasteiger partial charge is 0.497 e. The van der Waals surface area contributed by atoms with Gasteiger partial charge < -0.3 is 19.8 Å². The van der Waals surface area contributed by atoms with Crippen LogP contribution in [0.25, 0.3) is 10.9 Å². The van der Waals surface area contributed by atoms with Crippen LogP contribution >= 0.6 is 11.8 Å². The first-order chi connectivity index (χ1) is 18.0. The van der Waals surface area contributed by atoms with Crippen LogP contribution in [-0.4, -0.2) is 68.5 Å². The number of piperidine rings is 1. The van der Waals surface area contributed by atoms with E-state index >= 15 is 0 Å². The minimum atomic E-state index is -0.743. The highest BCUT2D eigenvalue weighted by molar-refractivity contribution is 7.99. The number of rotatable bonds is 13. The van der Waals surface area contributed by atoms with Crippen molar-refractivity contribution in [2.24, 2.45) is 11.8 Å². The summed E-state index contributed by atoms with van der Waals surface area (Å²) in [5, 5.41) is 22.1. The van der Waals surface area contributed by atoms with Crippen molar-refractivity contribution in [1.29, 1.82) is 0 Å². The molecule has 0 radical (unpaired) electrons. The van der Waals surface area contributed by atoms with Gasteiger partial charge in [-0.2, -0.15) is 0 Å². The first-order valence-electron chi connectivity index (χ1n) is 13.0. The van der Waals surface area contributed by atoms with Crippen LogP contribution in [0.15, 0.2) is 54.1 Å². The number of methoxy groups -OCH3 is 1. The smallest absolute Gasteiger partial charge is 0.303 e. The Morgan fingerprint density at radius 1 is 1.16 bits per heavy atom. The van der Waals surface area contributed by atoms with Gasteiger partial charge in [0.25, 0.3) is 0 Å². The Morgan fingerprint density at radius 2 is 2.00 bits per heavy atom. The number of aromatic nitrogens is 3. The maximum Gasteiger partial charge on any atom is 0.303 e. The standard InChI is InChI=1S/C28H36N4O4S/c1-36-22-6-7-25-24(18-22)23(10-14-29-25)26(33)8-4-20-11-16-32(19-21(20)5-9-27(34)35)15-3-17-37-28-30-12-2-13-31-28/h2,6-7,10,12-14,18,20-21,26,33H,3-5,8-9,11,15-17,19H2,1H3,(H,34,35)/t20?,21?,26-/m0/s1. The fraction of sp³-hybridized carbons (Fsp3) is 0.500. The van der Waals surface area contributed by atoms with E-state index in [0.29, 0.717) is 24.7 Å². The van der Waals surface area contributed by atoms with Crippen LogP contribution in [0.3, 0.4) is 0 Å². The zero-order valence-corrected chi connectivity index (χ0v) is 22.1. The van der Waals surface area contributed by atoms with Crippen molar-refractivity contribution < 1.29 is 19.7 Å². The molecular formula is C28H36N4O4S. The highest BCUT2D eigenvalue weighted by atomic mass is 32.2. The maximum atomic E-state index is 11.3. The highest BCUT2D eigenvalue weighted by Gasteiger charge is 2.30. The van der Waals surface area contributed by atoms with Crippen molar-refractivity contribution in [2.45, 2.75) is 49.8 Å². The topological polar surface area (TPSA) is 109 Å². The van der Waals surface area contributed by atoms with Gasteiger partial charge in [0.15, 0.2) is 5.16 Å². The molecule has 3 aromatic rings. The van der Waals surface area contributed by atoms with Crippen molar-refractivity contribution in [2.75, 3.05) is 32.5 Å². The number of pyridine rings is 1. The maximum absolute atomic E-state index is 11.3. The molecule has 0 bridgehead atoms. The van der Waals surface area contributed by atoms with E-state index in [0.717, 1.165) is 72.0 Å². The van der Waals surface area contributed by atoms with Gasteiger partial charge >= 0.3 is 5.97 Å². The van der Waals surface area contributed by atoms with Crippen LogP contribution in [0.1, 0.15) is 50.2 Å². The van der Waals surface area contributed by atoms with Gasteiger partial charge in [0, 0.05) is 42.7 Å². The SMILES string of the molecule is COc1ccc2nccc([C@@H](O)CCC3CCN(CCCSc4ncccn4)CC3CCC(=O)O)c2c1. The van der Waals surface area contributed by atoms with Gasteiger partial charge in [-0.25, -0.2) is 9.97 Å². The monoisotopic (exact) mass is 524 g/mol. The molecule has 3 atom stereocenters. The number of aliphatic carboxylic acids is 1. The lowest BCUT2D eigenvalue weighted by molar-refractivity contribution is -0.137. The number of carboxylic acid groups (broad SMARTS) is 1. The molecule has 8 nitrogen and oxygen atoms in total. The predicted molar refractivity (Wildman–Crippen MR) is 145 cm³/mol. The van der Waals surface area contributed by atoms with Crippen LogP contribution in [-0.2, 0) is 4.79 Å². The number of hydrogen-bond acceptors (Lipinski definition) is 8. The Kier molecular flexibility index (Phi) is 10.1. The third-order valence-electron chi connectivity index (χ3n) is 7.25. The van der Waals surface area contributed by atoms with E-state index in [1.54, 1.807) is 37.5 Å². The fourth-order valence-corrected chi connectivity index (χ4v) is 6.01. The molecule has 2 aromatic heterocycles. The Balaban J connectivity index is 1.32. The van der Waals surface area contributed by atoms with Gasteiger partial charge in [0.2, 0.25) is 0 Å². The normalized spacial score (nSPS) is 19.1. The molecule has 3 heterocycles. The van der Waals surface area contributed by atoms with E-state index < -0.39 is 12.1 Å². The summed E-state index contributed by atoms with van der Waals surface area (Å²) in [7, 11) is 1.63. The van der Waals surface area contributed by atoms with Gasteiger partial charge in [0.05, 0.1) is 18.7 Å². The first-order valence-corrected chi connectivity index (χ1v) is 14.0. The summed E-state index contributed by atoms with van der Waals surface area (Å²) in [6, 6.07) is 9.42. The van der Waals surface area contributed by atoms with Crippen molar-refractivity contribution in [3.63, 3.8) is 0 Å². The summed E-state index contributed by atoms with van der Waals surface area (Å²) in [5.41, 5.74) is 1.70. The first kappa shape index (κ1) is 27.3. The number of benzene rings is 1. The van der Waals surface area contributed by atoms with Crippen LogP contribution in [0.2, 0.25) is 0 Å². The number of ether oxygens (including phenoxy) is 1. The molecule has 0 aliphatic carbocycles. The van der Waals surface area contributed by atoms with Crippen LogP contribution in [0, 0.1) is 11.8 Å². The summed E-state index contributed by atoms with van der Waals surface area (Å²) in [6.07, 6.45) is 9.09. The number of aliphatic hydroxyl groups excluding tert-OH is 1. The number of carbonyl (C=O) groups is 1. The van der Waals surface area contributed by atoms with Crippen LogP contribution in [0.4, 0.5) is 0 Å². The lowest BCUT2D eigenvalue weighted by Gasteiger charge is -2.39. The van der Waals surface area contributed by atoms with E-state index in [1.807, 2.05) is 30.3 Å². The summed E-state index contributed by atoms with van der Waals surface area (Å²) >= 11 is 1.67. The summed E-state index contributed by atoms with van der Waals surface area (Å²) in [6.45, 7) is 2.91. The van der Waals surface area contributed by atoms with Gasteiger partial charge in [-0.05, 0) is 92.9 Å². The number of hydrogen-bond donors (Lipinski definition) is 2. The Bertz CT molecular complexity index is 1150. The molecule has 2 unspecified atom stereocenters. The average molecular weight is 525 g/mol. The van der Waals surface area contributed by atoms with E-state index in [9.17, 15) is 15.0 Å². The fourth-order valence-electron chi connectivity index (χ4n) is 5.28. The number of nitrogens with zero attached hydrogens (tertiary/aromatic N) is 4. The van der Waals surface area contributed by atoms with Crippen molar-refractivity contribution >= 4 is 28.6 Å². The highest BCUT2D eigenvalue weighted by Crippen LogP contribution is 2.35. The molecule has 1 saturated heterocycles. The number of fused-ring (bicyclic) bond motifs is 1. The number of thioether (sulfide) groups is 1. The zero-order chi connectivity index (χ0) is 26.0. The summed E-state index contributed by atoms with van der Waals surface area (Å²) in [5.74, 6) is 1.68. The molecule has 37 heavy (non-hydrogen) atoms. The van der Waals surface area contributed by atoms with Gasteiger partial charge in [0.1, 0.15) is 5.75 Å². The molecule has 1 aromatic carbocycles. The molecule has 198 valence electrons. The minimum absolute atomic E-state index is 0.188. The molecule has 0 saturated carbocycles. The second-order valence-corrected chi connectivity index (χ2v) is 10.7. The van der Waals surface area contributed by atoms with Crippen LogP contribution < -0.4 is 4.74 Å². The number of carboxylic acids is 1. The lowest BCUT2D eigenvalue weighted by Crippen LogP contribution is -2.41. The Hall–Kier alpha value is -2.75. The van der Waals surface area contributed by atoms with E-state index in [4.69, 9.17) is 4.74 Å². The van der Waals surface area contributed by atoms with Gasteiger partial charge in [-0.3, -0.25) is 9.78 Å². The molecule has 0 spiro atoms. The lowest BCUT2D eigenvalue weighted by atomic mass is 9.79. The molecular weight excluding hydrogens is 488 g/mol. The second kappa shape index (κ2) is 13.7. The quantitative estimate of drug-likeness (QED) is 0.185. The van der Waals surface area contributed by atoms with E-state index in [-0.39, 0.29) is 6.42 Å². The van der Waals surface area contributed by atoms with Crippen molar-refractivity contribution in [3.8, 4) is 5.75 Å². The zero-order valence-electron chi connectivity index (χ0n) is 21.3. The predicted octanol–water partition coefficient (Wildman–Crippen LogP) is 4.83.